The van der Waals surface area contributed by atoms with Gasteiger partial charge in [-0.3, -0.25) is 13.9 Å². The van der Waals surface area contributed by atoms with Crippen molar-refractivity contribution in [3.05, 3.63) is 51.5 Å². The van der Waals surface area contributed by atoms with Crippen LogP contribution in [-0.4, -0.2) is 69.3 Å². The van der Waals surface area contributed by atoms with Gasteiger partial charge in [0.25, 0.3) is 5.91 Å². The van der Waals surface area contributed by atoms with E-state index in [2.05, 4.69) is 9.88 Å². The first-order chi connectivity index (χ1) is 17.4. The highest BCUT2D eigenvalue weighted by Crippen LogP contribution is 2.55. The lowest BCUT2D eigenvalue weighted by atomic mass is 10.1. The maximum absolute atomic E-state index is 12.5. The van der Waals surface area contributed by atoms with E-state index >= 15 is 0 Å². The summed E-state index contributed by atoms with van der Waals surface area (Å²) in [6, 6.07) is 9.51. The third kappa shape index (κ3) is 4.67. The fourth-order valence-corrected chi connectivity index (χ4v) is 7.29. The summed E-state index contributed by atoms with van der Waals surface area (Å²) in [4.78, 5) is 26.7. The molecule has 2 aromatic heterocycles. The van der Waals surface area contributed by atoms with Crippen LogP contribution in [0.2, 0.25) is 4.34 Å². The predicted octanol–water partition coefficient (Wildman–Crippen LogP) is 4.55. The van der Waals surface area contributed by atoms with Crippen molar-refractivity contribution in [1.82, 2.24) is 14.9 Å². The van der Waals surface area contributed by atoms with Gasteiger partial charge in [0.15, 0.2) is 12.4 Å². The van der Waals surface area contributed by atoms with Crippen LogP contribution < -0.4 is 9.64 Å². The Morgan fingerprint density at radius 1 is 1.14 bits per heavy atom. The molecule has 0 aliphatic carbocycles. The molecule has 3 aliphatic heterocycles. The number of morpholine rings is 1. The fraction of sp³-hybridized carbons (Fsp3) is 0.375. The van der Waals surface area contributed by atoms with Gasteiger partial charge in [-0.05, 0) is 30.2 Å². The van der Waals surface area contributed by atoms with Gasteiger partial charge in [-0.1, -0.05) is 17.7 Å². The molecule has 1 saturated heterocycles. The number of aromatic nitrogens is 2. The number of fused-ring (bicyclic) bond motifs is 2. The number of benzene rings is 1. The molecule has 1 amide bonds. The van der Waals surface area contributed by atoms with Crippen LogP contribution in [-0.2, 0) is 27.5 Å². The average Bonchev–Trinajstić information content (AvgIpc) is 3.57. The van der Waals surface area contributed by atoms with Gasteiger partial charge in [-0.2, -0.15) is 10.6 Å². The van der Waals surface area contributed by atoms with Gasteiger partial charge in [-0.25, -0.2) is 9.97 Å². The van der Waals surface area contributed by atoms with Crippen molar-refractivity contribution in [3.63, 3.8) is 0 Å². The highest BCUT2D eigenvalue weighted by molar-refractivity contribution is 8.23. The Labute approximate surface area is 219 Å². The summed E-state index contributed by atoms with van der Waals surface area (Å²) in [5, 5.41) is 0. The van der Waals surface area contributed by atoms with Crippen LogP contribution in [0, 0.1) is 0 Å². The van der Waals surface area contributed by atoms with Crippen LogP contribution in [0.5, 0.6) is 5.75 Å². The van der Waals surface area contributed by atoms with Gasteiger partial charge >= 0.3 is 0 Å². The van der Waals surface area contributed by atoms with Crippen molar-refractivity contribution in [2.45, 2.75) is 17.9 Å². The van der Waals surface area contributed by atoms with Gasteiger partial charge in [0, 0.05) is 37.0 Å². The zero-order valence-electron chi connectivity index (χ0n) is 19.4. The van der Waals surface area contributed by atoms with Crippen molar-refractivity contribution >= 4 is 50.9 Å². The topological polar surface area (TPSA) is 108 Å². The maximum Gasteiger partial charge on any atom is 0.260 e. The Hall–Kier alpha value is -2.41. The third-order valence-electron chi connectivity index (χ3n) is 6.54. The van der Waals surface area contributed by atoms with E-state index in [1.807, 2.05) is 24.3 Å². The standard InChI is InChI=1S/C24H25ClN4O5S2/c25-21-4-3-20(35-21)23-26-18-14-36(31,32)13-17(18)24(27-23)29-6-5-15-1-2-16(11-19(15)29)34-12-22(30)28-7-9-33-10-8-28/h1-4,11,31-32H,5-10,12-14H2. The van der Waals surface area contributed by atoms with Crippen LogP contribution in [0.4, 0.5) is 11.5 Å². The molecule has 0 atom stereocenters. The normalized spacial score (nSPS) is 19.2. The lowest BCUT2D eigenvalue weighted by Gasteiger charge is -2.27. The smallest absolute Gasteiger partial charge is 0.260 e. The number of anilines is 2. The Kier molecular flexibility index (Phi) is 6.30. The fourth-order valence-electron chi connectivity index (χ4n) is 4.77. The molecular weight excluding hydrogens is 524 g/mol. The SMILES string of the molecule is O=C(COc1ccc2c(c1)N(c1nc(-c3ccc(Cl)s3)nc3c1CS(O)(O)C3)CC2)N1CCOCC1. The van der Waals surface area contributed by atoms with E-state index in [9.17, 15) is 13.9 Å². The third-order valence-corrected chi connectivity index (χ3v) is 9.26. The van der Waals surface area contributed by atoms with Crippen molar-refractivity contribution < 1.29 is 23.4 Å². The number of hydrogen-bond acceptors (Lipinski definition) is 9. The Balaban J connectivity index is 1.30. The van der Waals surface area contributed by atoms with Crippen molar-refractivity contribution in [2.24, 2.45) is 0 Å². The zero-order valence-corrected chi connectivity index (χ0v) is 21.7. The number of ether oxygens (including phenoxy) is 2. The lowest BCUT2D eigenvalue weighted by Crippen LogP contribution is -2.42. The number of carbonyl (C=O) groups excluding carboxylic acids is 1. The molecule has 0 bridgehead atoms. The molecule has 9 nitrogen and oxygen atoms in total. The first kappa shape index (κ1) is 24.0. The van der Waals surface area contributed by atoms with Crippen LogP contribution in [0.3, 0.4) is 0 Å². The molecule has 1 fully saturated rings. The second kappa shape index (κ2) is 9.47. The molecule has 12 heteroatoms. The monoisotopic (exact) mass is 548 g/mol. The lowest BCUT2D eigenvalue weighted by molar-refractivity contribution is -0.137. The minimum Gasteiger partial charge on any atom is -0.484 e. The van der Waals surface area contributed by atoms with E-state index in [4.69, 9.17) is 26.1 Å². The molecule has 0 spiro atoms. The molecule has 5 heterocycles. The molecule has 6 rings (SSSR count). The highest BCUT2D eigenvalue weighted by atomic mass is 35.5. The number of carbonyl (C=O) groups is 1. The van der Waals surface area contributed by atoms with Crippen LogP contribution in [0.15, 0.2) is 30.3 Å². The largest absolute Gasteiger partial charge is 0.484 e. The van der Waals surface area contributed by atoms with E-state index in [-0.39, 0.29) is 24.0 Å². The molecule has 3 aromatic rings. The first-order valence-electron chi connectivity index (χ1n) is 11.6. The molecule has 36 heavy (non-hydrogen) atoms. The summed E-state index contributed by atoms with van der Waals surface area (Å²) in [5.74, 6) is 2.00. The highest BCUT2D eigenvalue weighted by Gasteiger charge is 2.34. The van der Waals surface area contributed by atoms with Gasteiger partial charge in [0.1, 0.15) is 11.6 Å². The second-order valence-corrected chi connectivity index (χ2v) is 12.9. The van der Waals surface area contributed by atoms with E-state index in [0.717, 1.165) is 28.1 Å². The van der Waals surface area contributed by atoms with Crippen molar-refractivity contribution in [2.75, 3.05) is 44.4 Å². The molecule has 1 aromatic carbocycles. The average molecular weight is 549 g/mol. The molecule has 3 aliphatic rings. The quantitative estimate of drug-likeness (QED) is 0.478. The Morgan fingerprint density at radius 2 is 1.97 bits per heavy atom. The van der Waals surface area contributed by atoms with E-state index in [1.165, 1.54) is 11.3 Å². The molecule has 2 N–H and O–H groups in total. The summed E-state index contributed by atoms with van der Waals surface area (Å²) < 4.78 is 32.8. The van der Waals surface area contributed by atoms with Crippen molar-refractivity contribution in [1.29, 1.82) is 0 Å². The Bertz CT molecular complexity index is 1330. The number of nitrogens with zero attached hydrogens (tertiary/aromatic N) is 4. The zero-order chi connectivity index (χ0) is 24.9. The summed E-state index contributed by atoms with van der Waals surface area (Å²) >= 11 is 7.54. The van der Waals surface area contributed by atoms with Crippen LogP contribution in [0.25, 0.3) is 10.7 Å². The van der Waals surface area contributed by atoms with Crippen LogP contribution >= 0.6 is 33.5 Å². The molecule has 0 unspecified atom stereocenters. The Morgan fingerprint density at radius 3 is 2.75 bits per heavy atom. The summed E-state index contributed by atoms with van der Waals surface area (Å²) in [7, 11) is -2.79. The summed E-state index contributed by atoms with van der Waals surface area (Å²) in [6.07, 6.45) is 0.817. The minimum absolute atomic E-state index is 0.0358. The summed E-state index contributed by atoms with van der Waals surface area (Å²) in [5.41, 5.74) is 3.50. The predicted molar refractivity (Wildman–Crippen MR) is 141 cm³/mol. The number of amides is 1. The number of hydrogen-bond donors (Lipinski definition) is 2. The first-order valence-corrected chi connectivity index (χ1v) is 14.7. The summed E-state index contributed by atoms with van der Waals surface area (Å²) in [6.45, 7) is 2.91. The molecule has 190 valence electrons. The van der Waals surface area contributed by atoms with E-state index < -0.39 is 10.6 Å². The maximum atomic E-state index is 12.5. The number of halogens is 1. The van der Waals surface area contributed by atoms with Gasteiger partial charge in [0.2, 0.25) is 0 Å². The minimum atomic E-state index is -2.79. The van der Waals surface area contributed by atoms with Gasteiger partial charge < -0.3 is 19.3 Å². The van der Waals surface area contributed by atoms with Crippen molar-refractivity contribution in [3.8, 4) is 16.5 Å². The van der Waals surface area contributed by atoms with E-state index in [0.29, 0.717) is 60.3 Å². The molecular formula is C24H25ClN4O5S2. The number of thiophene rings is 1. The van der Waals surface area contributed by atoms with Gasteiger partial charge in [0.05, 0.1) is 39.6 Å². The molecule has 0 radical (unpaired) electrons. The van der Waals surface area contributed by atoms with Crippen LogP contribution in [0.1, 0.15) is 16.8 Å². The van der Waals surface area contributed by atoms with E-state index in [1.54, 1.807) is 11.0 Å². The number of rotatable bonds is 5. The second-order valence-electron chi connectivity index (χ2n) is 8.96. The molecule has 0 saturated carbocycles. The van der Waals surface area contributed by atoms with Gasteiger partial charge in [-0.15, -0.1) is 11.3 Å².